The van der Waals surface area contributed by atoms with Crippen molar-refractivity contribution in [2.45, 2.75) is 6.54 Å². The SMILES string of the molecule is Clc1ccc2c(N3CCN(CCN(CC4=C=CNC=C4)Cc4ccncc4)CC3)ccnc2c1. The van der Waals surface area contributed by atoms with Gasteiger partial charge in [0.25, 0.3) is 0 Å². The molecule has 2 aromatic heterocycles. The summed E-state index contributed by atoms with van der Waals surface area (Å²) in [6.07, 6.45) is 11.6. The van der Waals surface area contributed by atoms with Crippen LogP contribution in [0.1, 0.15) is 5.56 Å². The number of piperazine rings is 1. The molecule has 0 amide bonds. The molecule has 0 radical (unpaired) electrons. The Hall–Kier alpha value is -3.15. The van der Waals surface area contributed by atoms with Crippen LogP contribution in [0.15, 0.2) is 84.8 Å². The Morgan fingerprint density at radius 3 is 2.65 bits per heavy atom. The van der Waals surface area contributed by atoms with Crippen LogP contribution < -0.4 is 10.2 Å². The number of fused-ring (bicyclic) bond motifs is 1. The Bertz CT molecular complexity index is 1210. The lowest BCUT2D eigenvalue weighted by Crippen LogP contribution is -2.48. The van der Waals surface area contributed by atoms with Crippen LogP contribution in [-0.4, -0.2) is 65.6 Å². The molecule has 0 bridgehead atoms. The van der Waals surface area contributed by atoms with Crippen LogP contribution in [0, 0.1) is 0 Å². The minimum Gasteiger partial charge on any atom is -0.368 e. The second-order valence-corrected chi connectivity index (χ2v) is 9.14. The molecule has 4 heterocycles. The normalized spacial score (nSPS) is 16.2. The summed E-state index contributed by atoms with van der Waals surface area (Å²) >= 11 is 6.17. The highest BCUT2D eigenvalue weighted by molar-refractivity contribution is 6.31. The Morgan fingerprint density at radius 2 is 1.85 bits per heavy atom. The quantitative estimate of drug-likeness (QED) is 0.499. The fraction of sp³-hybridized carbons (Fsp3) is 0.296. The third kappa shape index (κ3) is 5.66. The molecule has 0 saturated carbocycles. The van der Waals surface area contributed by atoms with Crippen molar-refractivity contribution >= 4 is 28.2 Å². The van der Waals surface area contributed by atoms with Crippen LogP contribution in [0.25, 0.3) is 10.9 Å². The van der Waals surface area contributed by atoms with E-state index in [0.29, 0.717) is 0 Å². The molecule has 1 aromatic carbocycles. The highest BCUT2D eigenvalue weighted by Crippen LogP contribution is 2.28. The predicted molar refractivity (Wildman–Crippen MR) is 139 cm³/mol. The monoisotopic (exact) mass is 472 g/mol. The first kappa shape index (κ1) is 22.6. The molecule has 3 aromatic rings. The number of hydrogen-bond acceptors (Lipinski definition) is 6. The standard InChI is InChI=1S/C27H29ClN6/c28-24-1-2-25-26(19-24)31-12-7-27(25)34-17-15-32(16-18-34)13-14-33(20-22-3-8-29-9-4-22)21-23-5-10-30-11-6-23/h1-5,7-12,19,30H,13-18,20-21H2. The van der Waals surface area contributed by atoms with Crippen molar-refractivity contribution in [3.05, 3.63) is 95.4 Å². The molecule has 1 fully saturated rings. The van der Waals surface area contributed by atoms with Crippen LogP contribution in [0.3, 0.4) is 0 Å². The van der Waals surface area contributed by atoms with E-state index in [1.807, 2.05) is 43.1 Å². The summed E-state index contributed by atoms with van der Waals surface area (Å²) in [5, 5.41) is 4.96. The summed E-state index contributed by atoms with van der Waals surface area (Å²) < 4.78 is 0. The van der Waals surface area contributed by atoms with Crippen molar-refractivity contribution in [3.8, 4) is 0 Å². The van der Waals surface area contributed by atoms with Crippen LogP contribution >= 0.6 is 11.6 Å². The van der Waals surface area contributed by atoms with Gasteiger partial charge in [0.2, 0.25) is 0 Å². The molecule has 174 valence electrons. The van der Waals surface area contributed by atoms with E-state index in [1.165, 1.54) is 22.2 Å². The molecule has 6 nitrogen and oxygen atoms in total. The Balaban J connectivity index is 1.20. The molecule has 2 aliphatic rings. The summed E-state index contributed by atoms with van der Waals surface area (Å²) in [6, 6.07) is 12.3. The number of anilines is 1. The number of benzene rings is 1. The van der Waals surface area contributed by atoms with Crippen LogP contribution in [0.2, 0.25) is 5.02 Å². The summed E-state index contributed by atoms with van der Waals surface area (Å²) in [4.78, 5) is 16.2. The van der Waals surface area contributed by atoms with E-state index in [-0.39, 0.29) is 0 Å². The van der Waals surface area contributed by atoms with Gasteiger partial charge >= 0.3 is 0 Å². The van der Waals surface area contributed by atoms with E-state index >= 15 is 0 Å². The number of aromatic nitrogens is 2. The van der Waals surface area contributed by atoms with Gasteiger partial charge < -0.3 is 10.2 Å². The van der Waals surface area contributed by atoms with Crippen LogP contribution in [-0.2, 0) is 6.54 Å². The summed E-state index contributed by atoms with van der Waals surface area (Å²) in [6.45, 7) is 7.95. The third-order valence-corrected chi connectivity index (χ3v) is 6.63. The van der Waals surface area contributed by atoms with Gasteiger partial charge in [-0.05, 0) is 48.0 Å². The fourth-order valence-corrected chi connectivity index (χ4v) is 4.72. The van der Waals surface area contributed by atoms with Crippen molar-refractivity contribution in [2.24, 2.45) is 0 Å². The first-order valence-corrected chi connectivity index (χ1v) is 12.1. The first-order valence-electron chi connectivity index (χ1n) is 11.7. The van der Waals surface area contributed by atoms with Crippen molar-refractivity contribution in [1.82, 2.24) is 25.1 Å². The molecule has 34 heavy (non-hydrogen) atoms. The van der Waals surface area contributed by atoms with E-state index in [2.05, 4.69) is 66.1 Å². The molecular weight excluding hydrogens is 444 g/mol. The van der Waals surface area contributed by atoms with Gasteiger partial charge in [-0.3, -0.25) is 19.8 Å². The largest absolute Gasteiger partial charge is 0.368 e. The highest BCUT2D eigenvalue weighted by atomic mass is 35.5. The number of nitrogens with one attached hydrogen (secondary N) is 1. The summed E-state index contributed by atoms with van der Waals surface area (Å²) in [5.74, 6) is 0. The predicted octanol–water partition coefficient (Wildman–Crippen LogP) is 4.06. The minimum atomic E-state index is 0.726. The zero-order valence-corrected chi connectivity index (χ0v) is 20.0. The molecule has 2 aliphatic heterocycles. The van der Waals surface area contributed by atoms with Gasteiger partial charge in [0.15, 0.2) is 0 Å². The maximum Gasteiger partial charge on any atom is 0.0737 e. The van der Waals surface area contributed by atoms with E-state index < -0.39 is 0 Å². The zero-order chi connectivity index (χ0) is 23.2. The Kier molecular flexibility index (Phi) is 7.22. The lowest BCUT2D eigenvalue weighted by molar-refractivity contribution is 0.200. The topological polar surface area (TPSA) is 47.5 Å². The van der Waals surface area contributed by atoms with E-state index in [0.717, 1.165) is 62.9 Å². The third-order valence-electron chi connectivity index (χ3n) is 6.40. The average molecular weight is 473 g/mol. The molecule has 7 heteroatoms. The summed E-state index contributed by atoms with van der Waals surface area (Å²) in [5.41, 5.74) is 8.00. The number of nitrogens with zero attached hydrogens (tertiary/aromatic N) is 5. The van der Waals surface area contributed by atoms with Gasteiger partial charge in [-0.2, -0.15) is 0 Å². The second-order valence-electron chi connectivity index (χ2n) is 8.70. The second kappa shape index (κ2) is 10.9. The summed E-state index contributed by atoms with van der Waals surface area (Å²) in [7, 11) is 0. The fourth-order valence-electron chi connectivity index (χ4n) is 4.56. The Labute approximate surface area is 205 Å². The molecule has 1 saturated heterocycles. The van der Waals surface area contributed by atoms with Crippen LogP contribution in [0.5, 0.6) is 0 Å². The minimum absolute atomic E-state index is 0.726. The maximum atomic E-state index is 6.17. The zero-order valence-electron chi connectivity index (χ0n) is 19.2. The van der Waals surface area contributed by atoms with E-state index in [4.69, 9.17) is 11.6 Å². The molecular formula is C27H29ClN6. The maximum absolute atomic E-state index is 6.17. The number of hydrogen-bond donors (Lipinski definition) is 1. The van der Waals surface area contributed by atoms with E-state index in [1.54, 1.807) is 0 Å². The van der Waals surface area contributed by atoms with Gasteiger partial charge in [-0.25, -0.2) is 0 Å². The Morgan fingerprint density at radius 1 is 1.00 bits per heavy atom. The van der Waals surface area contributed by atoms with Gasteiger partial charge in [0, 0.05) is 105 Å². The van der Waals surface area contributed by atoms with Gasteiger partial charge in [-0.1, -0.05) is 17.3 Å². The first-order chi connectivity index (χ1) is 16.7. The highest BCUT2D eigenvalue weighted by Gasteiger charge is 2.20. The van der Waals surface area contributed by atoms with E-state index in [9.17, 15) is 0 Å². The molecule has 0 unspecified atom stereocenters. The average Bonchev–Trinajstić information content (AvgIpc) is 2.88. The lowest BCUT2D eigenvalue weighted by Gasteiger charge is -2.37. The van der Waals surface area contributed by atoms with Gasteiger partial charge in [0.05, 0.1) is 5.52 Å². The lowest BCUT2D eigenvalue weighted by atomic mass is 10.1. The smallest absolute Gasteiger partial charge is 0.0737 e. The molecule has 0 spiro atoms. The van der Waals surface area contributed by atoms with Gasteiger partial charge in [-0.15, -0.1) is 0 Å². The molecule has 5 rings (SSSR count). The van der Waals surface area contributed by atoms with Crippen molar-refractivity contribution in [2.75, 3.05) is 50.7 Å². The number of pyridine rings is 2. The number of halogens is 1. The number of rotatable bonds is 8. The molecule has 0 atom stereocenters. The van der Waals surface area contributed by atoms with Crippen molar-refractivity contribution < 1.29 is 0 Å². The van der Waals surface area contributed by atoms with Crippen molar-refractivity contribution in [3.63, 3.8) is 0 Å². The molecule has 1 N–H and O–H groups in total. The van der Waals surface area contributed by atoms with Crippen molar-refractivity contribution in [1.29, 1.82) is 0 Å². The molecule has 0 aliphatic carbocycles. The van der Waals surface area contributed by atoms with Gasteiger partial charge in [0.1, 0.15) is 0 Å². The van der Waals surface area contributed by atoms with Crippen LogP contribution in [0.4, 0.5) is 5.69 Å².